The summed E-state index contributed by atoms with van der Waals surface area (Å²) in [6.45, 7) is 1.76. The normalized spacial score (nSPS) is 12.4. The van der Waals surface area contributed by atoms with Gasteiger partial charge < -0.3 is 9.47 Å². The van der Waals surface area contributed by atoms with E-state index in [4.69, 9.17) is 4.74 Å². The molecule has 0 aliphatic rings. The van der Waals surface area contributed by atoms with Gasteiger partial charge in [-0.05, 0) is 6.42 Å². The summed E-state index contributed by atoms with van der Waals surface area (Å²) in [5.41, 5.74) is 0. The Hall–Kier alpha value is -0.360. The molecule has 0 aromatic rings. The third-order valence-corrected chi connectivity index (χ3v) is 1.42. The van der Waals surface area contributed by atoms with Crippen molar-refractivity contribution in [3.8, 4) is 0 Å². The number of halogens is 4. The highest BCUT2D eigenvalue weighted by Crippen LogP contribution is 2.23. The highest BCUT2D eigenvalue weighted by molar-refractivity contribution is 4.54. The highest BCUT2D eigenvalue weighted by Gasteiger charge is 2.41. The van der Waals surface area contributed by atoms with Crippen LogP contribution in [0.5, 0.6) is 0 Å². The molecule has 0 aromatic heterocycles. The minimum Gasteiger partial charge on any atom is -0.379 e. The van der Waals surface area contributed by atoms with Gasteiger partial charge in [0.1, 0.15) is 0 Å². The molecule has 0 radical (unpaired) electrons. The summed E-state index contributed by atoms with van der Waals surface area (Å²) in [5.74, 6) is 0. The number of hydrogen-bond acceptors (Lipinski definition) is 2. The predicted molar refractivity (Wildman–Crippen MR) is 42.6 cm³/mol. The summed E-state index contributed by atoms with van der Waals surface area (Å²) < 4.78 is 55.8. The molecule has 0 unspecified atom stereocenters. The number of hydrogen-bond donors (Lipinski definition) is 0. The average Bonchev–Trinajstić information content (AvgIpc) is 2.10. The van der Waals surface area contributed by atoms with Gasteiger partial charge in [-0.3, -0.25) is 0 Å². The van der Waals surface area contributed by atoms with Crippen molar-refractivity contribution in [1.29, 1.82) is 0 Å². The van der Waals surface area contributed by atoms with Gasteiger partial charge in [-0.25, -0.2) is 8.78 Å². The smallest absolute Gasteiger partial charge is 0.379 e. The Morgan fingerprint density at radius 1 is 1.14 bits per heavy atom. The first-order chi connectivity index (χ1) is 6.50. The van der Waals surface area contributed by atoms with Crippen molar-refractivity contribution in [3.63, 3.8) is 0 Å². The molecular weight excluding hydrogens is 204 g/mol. The van der Waals surface area contributed by atoms with Crippen LogP contribution < -0.4 is 0 Å². The van der Waals surface area contributed by atoms with E-state index in [0.29, 0.717) is 6.61 Å². The maximum absolute atomic E-state index is 12.1. The van der Waals surface area contributed by atoms with Crippen molar-refractivity contribution in [1.82, 2.24) is 0 Å². The fourth-order valence-corrected chi connectivity index (χ4v) is 0.648. The summed E-state index contributed by atoms with van der Waals surface area (Å²) in [5, 5.41) is 0. The molecule has 0 aliphatic carbocycles. The molecule has 0 heterocycles. The van der Waals surface area contributed by atoms with E-state index in [2.05, 4.69) is 4.74 Å². The van der Waals surface area contributed by atoms with Crippen LogP contribution in [0.3, 0.4) is 0 Å². The lowest BCUT2D eigenvalue weighted by Crippen LogP contribution is -2.31. The Labute approximate surface area is 80.2 Å². The van der Waals surface area contributed by atoms with E-state index < -0.39 is 19.1 Å². The molecule has 0 atom stereocenters. The fourth-order valence-electron chi connectivity index (χ4n) is 0.648. The first kappa shape index (κ1) is 13.6. The van der Waals surface area contributed by atoms with Gasteiger partial charge in [0.15, 0.2) is 0 Å². The van der Waals surface area contributed by atoms with Crippen LogP contribution in [0, 0.1) is 0 Å². The Morgan fingerprint density at radius 3 is 2.29 bits per heavy atom. The molecule has 6 heteroatoms. The van der Waals surface area contributed by atoms with Crippen LogP contribution in [0.4, 0.5) is 17.6 Å². The summed E-state index contributed by atoms with van der Waals surface area (Å²) >= 11 is 0. The van der Waals surface area contributed by atoms with Gasteiger partial charge in [0.25, 0.3) is 0 Å². The zero-order chi connectivity index (χ0) is 11.0. The molecule has 0 fully saturated rings. The molecule has 0 saturated heterocycles. The van der Waals surface area contributed by atoms with Crippen molar-refractivity contribution in [3.05, 3.63) is 0 Å². The van der Waals surface area contributed by atoms with Crippen LogP contribution in [0.25, 0.3) is 0 Å². The fraction of sp³-hybridized carbons (Fsp3) is 1.00. The van der Waals surface area contributed by atoms with Crippen molar-refractivity contribution < 1.29 is 27.0 Å². The van der Waals surface area contributed by atoms with Crippen molar-refractivity contribution in [2.24, 2.45) is 0 Å². The van der Waals surface area contributed by atoms with Crippen LogP contribution in [0.2, 0.25) is 0 Å². The second-order valence-corrected chi connectivity index (χ2v) is 2.68. The van der Waals surface area contributed by atoms with E-state index in [1.807, 2.05) is 6.92 Å². The topological polar surface area (TPSA) is 18.5 Å². The van der Waals surface area contributed by atoms with Crippen LogP contribution in [-0.2, 0) is 9.47 Å². The van der Waals surface area contributed by atoms with Gasteiger partial charge in [0.2, 0.25) is 0 Å². The third kappa shape index (κ3) is 6.15. The zero-order valence-corrected chi connectivity index (χ0v) is 7.94. The number of rotatable bonds is 8. The molecule has 0 N–H and O–H groups in total. The van der Waals surface area contributed by atoms with E-state index in [-0.39, 0.29) is 6.61 Å². The molecule has 0 bridgehead atoms. The van der Waals surface area contributed by atoms with Gasteiger partial charge in [0.05, 0.1) is 13.2 Å². The van der Waals surface area contributed by atoms with E-state index in [1.165, 1.54) is 0 Å². The molecule has 14 heavy (non-hydrogen) atoms. The van der Waals surface area contributed by atoms with E-state index in [9.17, 15) is 17.6 Å². The van der Waals surface area contributed by atoms with Crippen LogP contribution >= 0.6 is 0 Å². The van der Waals surface area contributed by atoms with Crippen LogP contribution in [0.1, 0.15) is 19.8 Å². The lowest BCUT2D eigenvalue weighted by atomic mass is 10.4. The second-order valence-electron chi connectivity index (χ2n) is 2.68. The van der Waals surface area contributed by atoms with Gasteiger partial charge >= 0.3 is 12.5 Å². The zero-order valence-electron chi connectivity index (χ0n) is 7.94. The Morgan fingerprint density at radius 2 is 1.79 bits per heavy atom. The van der Waals surface area contributed by atoms with Crippen LogP contribution in [-0.4, -0.2) is 32.4 Å². The standard InChI is InChI=1S/C8H14F4O2/c1-2-3-4-13-5-6-14-8(11,12)7(9)10/h7H,2-6H2,1H3. The van der Waals surface area contributed by atoms with Crippen molar-refractivity contribution >= 4 is 0 Å². The Kier molecular flexibility index (Phi) is 6.82. The van der Waals surface area contributed by atoms with Gasteiger partial charge in [-0.15, -0.1) is 0 Å². The van der Waals surface area contributed by atoms with E-state index in [0.717, 1.165) is 12.8 Å². The third-order valence-electron chi connectivity index (χ3n) is 1.42. The number of ether oxygens (including phenoxy) is 2. The molecule has 2 nitrogen and oxygen atoms in total. The summed E-state index contributed by atoms with van der Waals surface area (Å²) in [7, 11) is 0. The molecule has 86 valence electrons. The summed E-state index contributed by atoms with van der Waals surface area (Å²) in [4.78, 5) is 0. The highest BCUT2D eigenvalue weighted by atomic mass is 19.3. The Balaban J connectivity index is 3.35. The first-order valence-electron chi connectivity index (χ1n) is 4.38. The maximum atomic E-state index is 12.1. The molecule has 0 aliphatic heterocycles. The molecule has 0 aromatic carbocycles. The van der Waals surface area contributed by atoms with Gasteiger partial charge in [-0.2, -0.15) is 8.78 Å². The lowest BCUT2D eigenvalue weighted by molar-refractivity contribution is -0.303. The predicted octanol–water partition coefficient (Wildman–Crippen LogP) is 2.68. The van der Waals surface area contributed by atoms with E-state index >= 15 is 0 Å². The van der Waals surface area contributed by atoms with Gasteiger partial charge in [0, 0.05) is 6.61 Å². The molecular formula is C8H14F4O2. The number of alkyl halides is 4. The largest absolute Gasteiger partial charge is 0.416 e. The number of unbranched alkanes of at least 4 members (excludes halogenated alkanes) is 1. The lowest BCUT2D eigenvalue weighted by Gasteiger charge is -2.15. The second kappa shape index (κ2) is 7.00. The van der Waals surface area contributed by atoms with Crippen LogP contribution in [0.15, 0.2) is 0 Å². The van der Waals surface area contributed by atoms with Crippen molar-refractivity contribution in [2.45, 2.75) is 32.3 Å². The summed E-state index contributed by atoms with van der Waals surface area (Å²) in [6, 6.07) is 0. The van der Waals surface area contributed by atoms with Gasteiger partial charge in [-0.1, -0.05) is 13.3 Å². The first-order valence-corrected chi connectivity index (χ1v) is 4.38. The SMILES string of the molecule is CCCCOCCOC(F)(F)C(F)F. The van der Waals surface area contributed by atoms with Crippen molar-refractivity contribution in [2.75, 3.05) is 19.8 Å². The molecule has 0 saturated carbocycles. The van der Waals surface area contributed by atoms with E-state index in [1.54, 1.807) is 0 Å². The molecule has 0 amide bonds. The molecule has 0 rings (SSSR count). The minimum atomic E-state index is -4.37. The summed E-state index contributed by atoms with van der Waals surface area (Å²) in [6.07, 6.45) is -6.42. The average molecular weight is 218 g/mol. The molecule has 0 spiro atoms. The minimum absolute atomic E-state index is 0.0949. The maximum Gasteiger partial charge on any atom is 0.416 e. The monoisotopic (exact) mass is 218 g/mol. The Bertz CT molecular complexity index is 141. The quantitative estimate of drug-likeness (QED) is 0.460.